The van der Waals surface area contributed by atoms with Gasteiger partial charge in [0, 0.05) is 10.5 Å². The van der Waals surface area contributed by atoms with Gasteiger partial charge in [0.2, 0.25) is 5.91 Å². The van der Waals surface area contributed by atoms with E-state index >= 15 is 0 Å². The Morgan fingerprint density at radius 2 is 1.75 bits per heavy atom. The van der Waals surface area contributed by atoms with Gasteiger partial charge in [-0.25, -0.2) is 0 Å². The van der Waals surface area contributed by atoms with Crippen LogP contribution in [0.15, 0.2) is 53.0 Å². The predicted octanol–water partition coefficient (Wildman–Crippen LogP) is 4.94. The van der Waals surface area contributed by atoms with Crippen molar-refractivity contribution in [1.29, 1.82) is 0 Å². The lowest BCUT2D eigenvalue weighted by atomic mass is 9.95. The second-order valence-corrected chi connectivity index (χ2v) is 7.08. The molecule has 1 amide bonds. The van der Waals surface area contributed by atoms with E-state index in [0.717, 1.165) is 16.6 Å². The third kappa shape index (κ3) is 5.18. The Morgan fingerprint density at radius 3 is 2.33 bits per heavy atom. The third-order valence-electron chi connectivity index (χ3n) is 4.04. The van der Waals surface area contributed by atoms with Crippen molar-refractivity contribution in [2.24, 2.45) is 5.92 Å². The second kappa shape index (κ2) is 9.00. The molecular formula is C20H25BrN2O. The first kappa shape index (κ1) is 18.7. The zero-order valence-electron chi connectivity index (χ0n) is 14.5. The van der Waals surface area contributed by atoms with Gasteiger partial charge < -0.3 is 10.6 Å². The molecule has 0 aliphatic heterocycles. The number of nitrogens with one attached hydrogen (secondary N) is 2. The van der Waals surface area contributed by atoms with Crippen LogP contribution in [0.4, 0.5) is 5.69 Å². The first-order valence-corrected chi connectivity index (χ1v) is 9.17. The number of benzene rings is 2. The summed E-state index contributed by atoms with van der Waals surface area (Å²) in [6.45, 7) is 6.76. The molecule has 0 saturated carbocycles. The molecule has 128 valence electrons. The van der Waals surface area contributed by atoms with E-state index in [2.05, 4.69) is 71.6 Å². The van der Waals surface area contributed by atoms with Crippen LogP contribution in [0.1, 0.15) is 37.9 Å². The molecule has 0 aliphatic rings. The first-order chi connectivity index (χ1) is 11.5. The summed E-state index contributed by atoms with van der Waals surface area (Å²) >= 11 is 3.44. The summed E-state index contributed by atoms with van der Waals surface area (Å²) in [4.78, 5) is 12.2. The summed E-state index contributed by atoms with van der Waals surface area (Å²) in [5, 5.41) is 6.31. The summed E-state index contributed by atoms with van der Waals surface area (Å²) in [5.74, 6) is 0.353. The van der Waals surface area contributed by atoms with Crippen molar-refractivity contribution < 1.29 is 4.79 Å². The maximum atomic E-state index is 12.2. The third-order valence-corrected chi connectivity index (χ3v) is 4.74. The number of carbonyl (C=O) groups is 1. The molecule has 0 aromatic heterocycles. The van der Waals surface area contributed by atoms with Crippen molar-refractivity contribution in [3.05, 3.63) is 64.1 Å². The molecule has 1 atom stereocenters. The summed E-state index contributed by atoms with van der Waals surface area (Å²) in [6.07, 6.45) is 1.04. The van der Waals surface area contributed by atoms with Gasteiger partial charge >= 0.3 is 0 Å². The molecule has 2 aromatic carbocycles. The fourth-order valence-electron chi connectivity index (χ4n) is 2.66. The lowest BCUT2D eigenvalue weighted by Gasteiger charge is -2.23. The van der Waals surface area contributed by atoms with Crippen LogP contribution in [0.5, 0.6) is 0 Å². The number of carbonyl (C=O) groups excluding carboxylic acids is 1. The molecular weight excluding hydrogens is 364 g/mol. The minimum atomic E-state index is -0.0438. The molecule has 2 N–H and O–H groups in total. The lowest BCUT2D eigenvalue weighted by Crippen LogP contribution is -2.33. The number of aryl methyl sites for hydroxylation is 1. The highest BCUT2D eigenvalue weighted by molar-refractivity contribution is 9.10. The second-order valence-electron chi connectivity index (χ2n) is 6.23. The van der Waals surface area contributed by atoms with Gasteiger partial charge in [0.1, 0.15) is 0 Å². The number of halogens is 1. The van der Waals surface area contributed by atoms with Crippen molar-refractivity contribution >= 4 is 27.5 Å². The Kier molecular flexibility index (Phi) is 7.00. The molecule has 0 spiro atoms. The highest BCUT2D eigenvalue weighted by atomic mass is 79.9. The molecule has 0 heterocycles. The predicted molar refractivity (Wildman–Crippen MR) is 104 cm³/mol. The fraction of sp³-hybridized carbons (Fsp3) is 0.350. The first-order valence-electron chi connectivity index (χ1n) is 8.37. The standard InChI is InChI=1S/C20H25BrN2O/c1-4-15-9-11-16(12-10-15)20(14(2)3)22-13-19(24)23-18-8-6-5-7-17(18)21/h5-12,14,20,22H,4,13H2,1-3H3,(H,23,24)/t20-/m1/s1. The molecule has 2 aromatic rings. The normalized spacial score (nSPS) is 12.2. The number of hydrogen-bond acceptors (Lipinski definition) is 2. The van der Waals surface area contributed by atoms with Gasteiger partial charge in [0.15, 0.2) is 0 Å². The van der Waals surface area contributed by atoms with Crippen molar-refractivity contribution in [3.8, 4) is 0 Å². The topological polar surface area (TPSA) is 41.1 Å². The molecule has 0 radical (unpaired) electrons. The molecule has 0 fully saturated rings. The minimum absolute atomic E-state index is 0.0438. The minimum Gasteiger partial charge on any atom is -0.324 e. The average Bonchev–Trinajstić information content (AvgIpc) is 2.57. The summed E-state index contributed by atoms with van der Waals surface area (Å²) in [7, 11) is 0. The Balaban J connectivity index is 1.98. The van der Waals surface area contributed by atoms with E-state index in [4.69, 9.17) is 0 Å². The fourth-order valence-corrected chi connectivity index (χ4v) is 3.04. The van der Waals surface area contributed by atoms with Gasteiger partial charge in [-0.05, 0) is 51.5 Å². The number of hydrogen-bond donors (Lipinski definition) is 2. The van der Waals surface area contributed by atoms with Gasteiger partial charge in [-0.2, -0.15) is 0 Å². The van der Waals surface area contributed by atoms with E-state index in [0.29, 0.717) is 5.92 Å². The van der Waals surface area contributed by atoms with Crippen LogP contribution < -0.4 is 10.6 Å². The van der Waals surface area contributed by atoms with Crippen LogP contribution in [-0.4, -0.2) is 12.5 Å². The van der Waals surface area contributed by atoms with Crippen LogP contribution in [0.3, 0.4) is 0 Å². The average molecular weight is 389 g/mol. The summed E-state index contributed by atoms with van der Waals surface area (Å²) in [6, 6.07) is 16.4. The maximum Gasteiger partial charge on any atom is 0.238 e. The molecule has 0 unspecified atom stereocenters. The monoisotopic (exact) mass is 388 g/mol. The number of anilines is 1. The summed E-state index contributed by atoms with van der Waals surface area (Å²) in [5.41, 5.74) is 3.33. The van der Waals surface area contributed by atoms with Crippen molar-refractivity contribution in [2.75, 3.05) is 11.9 Å². The van der Waals surface area contributed by atoms with E-state index in [-0.39, 0.29) is 18.5 Å². The Labute approximate surface area is 153 Å². The van der Waals surface area contributed by atoms with E-state index in [1.165, 1.54) is 11.1 Å². The molecule has 24 heavy (non-hydrogen) atoms. The lowest BCUT2D eigenvalue weighted by molar-refractivity contribution is -0.115. The maximum absolute atomic E-state index is 12.2. The van der Waals surface area contributed by atoms with E-state index in [1.807, 2.05) is 24.3 Å². The largest absolute Gasteiger partial charge is 0.324 e. The quantitative estimate of drug-likeness (QED) is 0.705. The van der Waals surface area contributed by atoms with Gasteiger partial charge in [0.05, 0.1) is 12.2 Å². The van der Waals surface area contributed by atoms with Crippen LogP contribution >= 0.6 is 15.9 Å². The van der Waals surface area contributed by atoms with E-state index in [9.17, 15) is 4.79 Å². The molecule has 0 aliphatic carbocycles. The SMILES string of the molecule is CCc1ccc([C@H](NCC(=O)Nc2ccccc2Br)C(C)C)cc1. The van der Waals surface area contributed by atoms with Gasteiger partial charge in [-0.1, -0.05) is 57.2 Å². The smallest absolute Gasteiger partial charge is 0.238 e. The molecule has 3 nitrogen and oxygen atoms in total. The number of rotatable bonds is 7. The molecule has 2 rings (SSSR count). The molecule has 4 heteroatoms. The molecule has 0 bridgehead atoms. The Morgan fingerprint density at radius 1 is 1.08 bits per heavy atom. The van der Waals surface area contributed by atoms with Crippen LogP contribution in [0.25, 0.3) is 0 Å². The number of para-hydroxylation sites is 1. The van der Waals surface area contributed by atoms with Gasteiger partial charge in [0.25, 0.3) is 0 Å². The van der Waals surface area contributed by atoms with Gasteiger partial charge in [-0.3, -0.25) is 4.79 Å². The summed E-state index contributed by atoms with van der Waals surface area (Å²) < 4.78 is 0.883. The number of amides is 1. The van der Waals surface area contributed by atoms with E-state index in [1.54, 1.807) is 0 Å². The Hall–Kier alpha value is -1.65. The van der Waals surface area contributed by atoms with Crippen molar-refractivity contribution in [2.45, 2.75) is 33.2 Å². The zero-order valence-corrected chi connectivity index (χ0v) is 16.1. The van der Waals surface area contributed by atoms with Crippen molar-refractivity contribution in [3.63, 3.8) is 0 Å². The van der Waals surface area contributed by atoms with Crippen LogP contribution in [-0.2, 0) is 11.2 Å². The highest BCUT2D eigenvalue weighted by Gasteiger charge is 2.16. The zero-order chi connectivity index (χ0) is 17.5. The van der Waals surface area contributed by atoms with Crippen molar-refractivity contribution in [1.82, 2.24) is 5.32 Å². The molecule has 0 saturated heterocycles. The Bertz CT molecular complexity index is 668. The van der Waals surface area contributed by atoms with Crippen LogP contribution in [0, 0.1) is 5.92 Å². The van der Waals surface area contributed by atoms with Crippen LogP contribution in [0.2, 0.25) is 0 Å². The van der Waals surface area contributed by atoms with Gasteiger partial charge in [-0.15, -0.1) is 0 Å². The van der Waals surface area contributed by atoms with E-state index < -0.39 is 0 Å². The highest BCUT2D eigenvalue weighted by Crippen LogP contribution is 2.23.